The van der Waals surface area contributed by atoms with E-state index in [-0.39, 0.29) is 24.3 Å². The number of carbonyl (C=O) groups is 2. The lowest BCUT2D eigenvalue weighted by Gasteiger charge is -2.26. The van der Waals surface area contributed by atoms with Gasteiger partial charge < -0.3 is 16.4 Å². The third-order valence-electron chi connectivity index (χ3n) is 3.28. The van der Waals surface area contributed by atoms with E-state index in [0.717, 1.165) is 13.0 Å². The third kappa shape index (κ3) is 4.27. The van der Waals surface area contributed by atoms with Gasteiger partial charge in [-0.15, -0.1) is 0 Å². The summed E-state index contributed by atoms with van der Waals surface area (Å²) in [5.74, 6) is -0.179. The molecule has 1 fully saturated rings. The third-order valence-corrected chi connectivity index (χ3v) is 3.28. The second kappa shape index (κ2) is 6.70. The minimum Gasteiger partial charge on any atom is -0.369 e. The average molecular weight is 256 g/mol. The van der Waals surface area contributed by atoms with E-state index in [1.165, 1.54) is 0 Å². The van der Waals surface area contributed by atoms with Crippen LogP contribution in [-0.2, 0) is 9.59 Å². The Bertz CT molecular complexity index is 306. The summed E-state index contributed by atoms with van der Waals surface area (Å²) < 4.78 is 0. The summed E-state index contributed by atoms with van der Waals surface area (Å²) in [4.78, 5) is 26.8. The van der Waals surface area contributed by atoms with Crippen LogP contribution in [0.1, 0.15) is 20.3 Å². The van der Waals surface area contributed by atoms with Gasteiger partial charge in [-0.2, -0.15) is 0 Å². The number of nitrogens with zero attached hydrogens (tertiary/aromatic N) is 2. The van der Waals surface area contributed by atoms with Crippen LogP contribution in [0.4, 0.5) is 0 Å². The van der Waals surface area contributed by atoms with Crippen LogP contribution in [-0.4, -0.2) is 60.4 Å². The predicted molar refractivity (Wildman–Crippen MR) is 69.6 cm³/mol. The number of nitrogens with two attached hydrogens (primary N) is 2. The van der Waals surface area contributed by atoms with Crippen LogP contribution in [0.2, 0.25) is 0 Å². The SMILES string of the molecule is CC(C)C(N)C(=O)N1CCCN(CC(N)=O)CC1. The Kier molecular flexibility index (Phi) is 5.55. The normalized spacial score (nSPS) is 19.7. The molecule has 1 saturated heterocycles. The van der Waals surface area contributed by atoms with Crippen molar-refractivity contribution in [2.45, 2.75) is 26.3 Å². The molecule has 0 aromatic carbocycles. The van der Waals surface area contributed by atoms with E-state index < -0.39 is 6.04 Å². The predicted octanol–water partition coefficient (Wildman–Crippen LogP) is -1.01. The standard InChI is InChI=1S/C12H24N4O2/c1-9(2)11(14)12(18)16-5-3-4-15(6-7-16)8-10(13)17/h9,11H,3-8,14H2,1-2H3,(H2,13,17). The zero-order chi connectivity index (χ0) is 13.7. The maximum atomic E-state index is 12.1. The van der Waals surface area contributed by atoms with Crippen molar-refractivity contribution in [2.24, 2.45) is 17.4 Å². The molecule has 0 saturated carbocycles. The molecule has 1 unspecified atom stereocenters. The zero-order valence-corrected chi connectivity index (χ0v) is 11.3. The van der Waals surface area contributed by atoms with E-state index in [1.54, 1.807) is 4.90 Å². The molecule has 1 aliphatic rings. The molecule has 18 heavy (non-hydrogen) atoms. The van der Waals surface area contributed by atoms with Crippen molar-refractivity contribution < 1.29 is 9.59 Å². The van der Waals surface area contributed by atoms with Gasteiger partial charge in [-0.3, -0.25) is 14.5 Å². The summed E-state index contributed by atoms with van der Waals surface area (Å²) >= 11 is 0. The van der Waals surface area contributed by atoms with Gasteiger partial charge in [-0.05, 0) is 12.3 Å². The molecule has 0 aromatic heterocycles. The van der Waals surface area contributed by atoms with Gasteiger partial charge in [-0.1, -0.05) is 13.8 Å². The minimum absolute atomic E-state index is 0.00549. The lowest BCUT2D eigenvalue weighted by atomic mass is 10.0. The summed E-state index contributed by atoms with van der Waals surface area (Å²) in [7, 11) is 0. The molecule has 0 radical (unpaired) electrons. The maximum absolute atomic E-state index is 12.1. The molecular weight excluding hydrogens is 232 g/mol. The molecule has 6 nitrogen and oxygen atoms in total. The number of rotatable bonds is 4. The van der Waals surface area contributed by atoms with Crippen LogP contribution in [0.25, 0.3) is 0 Å². The van der Waals surface area contributed by atoms with E-state index >= 15 is 0 Å². The molecule has 0 aliphatic carbocycles. The van der Waals surface area contributed by atoms with Gasteiger partial charge in [0.2, 0.25) is 11.8 Å². The first kappa shape index (κ1) is 14.9. The van der Waals surface area contributed by atoms with Crippen molar-refractivity contribution in [3.05, 3.63) is 0 Å². The van der Waals surface area contributed by atoms with Crippen molar-refractivity contribution in [2.75, 3.05) is 32.7 Å². The lowest BCUT2D eigenvalue weighted by Crippen LogP contribution is -2.47. The monoisotopic (exact) mass is 256 g/mol. The van der Waals surface area contributed by atoms with Crippen LogP contribution >= 0.6 is 0 Å². The Labute approximate surface area is 108 Å². The first-order chi connectivity index (χ1) is 8.41. The largest absolute Gasteiger partial charge is 0.369 e. The molecule has 1 heterocycles. The Morgan fingerprint density at radius 2 is 1.83 bits per heavy atom. The molecule has 104 valence electrons. The summed E-state index contributed by atoms with van der Waals surface area (Å²) in [5.41, 5.74) is 11.1. The molecule has 1 rings (SSSR count). The number of carbonyl (C=O) groups excluding carboxylic acids is 2. The fourth-order valence-corrected chi connectivity index (χ4v) is 2.07. The van der Waals surface area contributed by atoms with Gasteiger partial charge in [0, 0.05) is 26.2 Å². The molecular formula is C12H24N4O2. The second-order valence-corrected chi connectivity index (χ2v) is 5.19. The highest BCUT2D eigenvalue weighted by molar-refractivity contribution is 5.82. The molecule has 6 heteroatoms. The minimum atomic E-state index is -0.437. The molecule has 1 atom stereocenters. The van der Waals surface area contributed by atoms with Crippen molar-refractivity contribution in [1.82, 2.24) is 9.80 Å². The van der Waals surface area contributed by atoms with Crippen molar-refractivity contribution in [3.8, 4) is 0 Å². The molecule has 0 aromatic rings. The van der Waals surface area contributed by atoms with Crippen molar-refractivity contribution >= 4 is 11.8 Å². The van der Waals surface area contributed by atoms with Crippen molar-refractivity contribution in [1.29, 1.82) is 0 Å². The van der Waals surface area contributed by atoms with Crippen LogP contribution in [0.5, 0.6) is 0 Å². The van der Waals surface area contributed by atoms with Crippen LogP contribution in [0, 0.1) is 5.92 Å². The number of hydrogen-bond donors (Lipinski definition) is 2. The topological polar surface area (TPSA) is 92.7 Å². The quantitative estimate of drug-likeness (QED) is 0.674. The zero-order valence-electron chi connectivity index (χ0n) is 11.3. The summed E-state index contributed by atoms with van der Waals surface area (Å²) in [6.45, 7) is 6.95. The Morgan fingerprint density at radius 1 is 1.17 bits per heavy atom. The first-order valence-corrected chi connectivity index (χ1v) is 6.47. The lowest BCUT2D eigenvalue weighted by molar-refractivity contribution is -0.133. The van der Waals surface area contributed by atoms with Crippen molar-refractivity contribution in [3.63, 3.8) is 0 Å². The average Bonchev–Trinajstić information content (AvgIpc) is 2.51. The van der Waals surface area contributed by atoms with Crippen LogP contribution < -0.4 is 11.5 Å². The highest BCUT2D eigenvalue weighted by Gasteiger charge is 2.25. The number of hydrogen-bond acceptors (Lipinski definition) is 4. The van der Waals surface area contributed by atoms with Gasteiger partial charge in [0.25, 0.3) is 0 Å². The summed E-state index contributed by atoms with van der Waals surface area (Å²) in [6, 6.07) is -0.437. The van der Waals surface area contributed by atoms with E-state index in [4.69, 9.17) is 11.5 Å². The van der Waals surface area contributed by atoms with E-state index in [9.17, 15) is 9.59 Å². The summed E-state index contributed by atoms with van der Waals surface area (Å²) in [6.07, 6.45) is 0.851. The molecule has 2 amide bonds. The highest BCUT2D eigenvalue weighted by atomic mass is 16.2. The first-order valence-electron chi connectivity index (χ1n) is 6.47. The second-order valence-electron chi connectivity index (χ2n) is 5.19. The Morgan fingerprint density at radius 3 is 2.39 bits per heavy atom. The van der Waals surface area contributed by atoms with E-state index in [2.05, 4.69) is 0 Å². The fraction of sp³-hybridized carbons (Fsp3) is 0.833. The van der Waals surface area contributed by atoms with Gasteiger partial charge >= 0.3 is 0 Å². The maximum Gasteiger partial charge on any atom is 0.239 e. The van der Waals surface area contributed by atoms with E-state index in [1.807, 2.05) is 18.7 Å². The molecule has 4 N–H and O–H groups in total. The van der Waals surface area contributed by atoms with Gasteiger partial charge in [0.1, 0.15) is 0 Å². The fourth-order valence-electron chi connectivity index (χ4n) is 2.07. The molecule has 1 aliphatic heterocycles. The Balaban J connectivity index is 2.51. The van der Waals surface area contributed by atoms with Crippen LogP contribution in [0.3, 0.4) is 0 Å². The van der Waals surface area contributed by atoms with Gasteiger partial charge in [0.15, 0.2) is 0 Å². The summed E-state index contributed by atoms with van der Waals surface area (Å²) in [5, 5.41) is 0. The van der Waals surface area contributed by atoms with Gasteiger partial charge in [0.05, 0.1) is 12.6 Å². The molecule has 0 spiro atoms. The van der Waals surface area contributed by atoms with E-state index in [0.29, 0.717) is 19.6 Å². The Hall–Kier alpha value is -1.14. The van der Waals surface area contributed by atoms with Gasteiger partial charge in [-0.25, -0.2) is 0 Å². The highest BCUT2D eigenvalue weighted by Crippen LogP contribution is 2.08. The molecule has 0 bridgehead atoms. The smallest absolute Gasteiger partial charge is 0.239 e. The van der Waals surface area contributed by atoms with Crippen LogP contribution in [0.15, 0.2) is 0 Å². The number of amides is 2. The number of primary amides is 1.